The topological polar surface area (TPSA) is 66.6 Å². The Labute approximate surface area is 88.2 Å². The molecule has 0 amide bonds. The average Bonchev–Trinajstić information content (AvgIpc) is 2.50. The first-order valence-corrected chi connectivity index (χ1v) is 5.80. The van der Waals surface area contributed by atoms with E-state index < -0.39 is 15.8 Å². The van der Waals surface area contributed by atoms with Crippen LogP contribution in [-0.2, 0) is 10.0 Å². The predicted molar refractivity (Wildman–Crippen MR) is 53.3 cm³/mol. The number of nitrogens with two attached hydrogens (primary N) is 1. The zero-order valence-corrected chi connectivity index (χ0v) is 9.42. The van der Waals surface area contributed by atoms with Crippen molar-refractivity contribution in [1.29, 1.82) is 0 Å². The summed E-state index contributed by atoms with van der Waals surface area (Å²) in [6, 6.07) is 0. The molecule has 0 saturated carbocycles. The summed E-state index contributed by atoms with van der Waals surface area (Å²) in [6.07, 6.45) is 4.20. The molecule has 1 aliphatic rings. The lowest BCUT2D eigenvalue weighted by atomic mass is 10.6. The van der Waals surface area contributed by atoms with Crippen molar-refractivity contribution in [2.45, 2.75) is 12.7 Å². The van der Waals surface area contributed by atoms with E-state index in [9.17, 15) is 17.2 Å². The summed E-state index contributed by atoms with van der Waals surface area (Å²) >= 11 is 0. The Morgan fingerprint density at radius 3 is 2.07 bits per heavy atom. The molecule has 0 aliphatic carbocycles. The minimum Gasteiger partial charge on any atom is -0.362 e. The van der Waals surface area contributed by atoms with Crippen LogP contribution in [0.5, 0.6) is 0 Å². The van der Waals surface area contributed by atoms with Gasteiger partial charge in [-0.3, -0.25) is 0 Å². The van der Waals surface area contributed by atoms with Crippen molar-refractivity contribution < 1.29 is 17.2 Å². The molecule has 15 heavy (non-hydrogen) atoms. The van der Waals surface area contributed by atoms with Gasteiger partial charge in [-0.25, -0.2) is 13.6 Å². The highest BCUT2D eigenvalue weighted by Gasteiger charge is 2.16. The van der Waals surface area contributed by atoms with E-state index in [1.54, 1.807) is 0 Å². The Morgan fingerprint density at radius 1 is 1.47 bits per heavy atom. The van der Waals surface area contributed by atoms with Gasteiger partial charge in [0, 0.05) is 26.0 Å². The minimum absolute atomic E-state index is 1.05. The molecule has 0 aromatic carbocycles. The van der Waals surface area contributed by atoms with Gasteiger partial charge in [0.2, 0.25) is 0 Å². The molecule has 0 fully saturated rings. The van der Waals surface area contributed by atoms with Crippen LogP contribution < -0.4 is 5.14 Å². The lowest BCUT2D eigenvalue weighted by molar-refractivity contribution is 0.235. The molecule has 1 aliphatic heterocycles. The Hall–Kier alpha value is -0.890. The summed E-state index contributed by atoms with van der Waals surface area (Å²) in [6.45, 7) is 4.32. The fourth-order valence-electron chi connectivity index (χ4n) is 0.794. The number of primary sulfonamides is 1. The van der Waals surface area contributed by atoms with Gasteiger partial charge >= 0.3 is 5.76 Å². The van der Waals surface area contributed by atoms with E-state index in [1.807, 2.05) is 0 Å². The van der Waals surface area contributed by atoms with Gasteiger partial charge in [0.15, 0.2) is 0 Å². The van der Waals surface area contributed by atoms with Crippen LogP contribution in [0.1, 0.15) is 6.92 Å². The lowest BCUT2D eigenvalue weighted by Gasteiger charge is -2.14. The van der Waals surface area contributed by atoms with Crippen LogP contribution in [0.4, 0.5) is 8.78 Å². The molecule has 1 rings (SSSR count). The molecular weight excluding hydrogens is 228 g/mol. The van der Waals surface area contributed by atoms with Gasteiger partial charge in [0.25, 0.3) is 10.0 Å². The van der Waals surface area contributed by atoms with Gasteiger partial charge in [-0.1, -0.05) is 0 Å². The highest BCUT2D eigenvalue weighted by Crippen LogP contribution is 2.00. The predicted octanol–water partition coefficient (Wildman–Crippen LogP) is 0.180. The molecule has 0 atom stereocenters. The molecule has 2 N–H and O–H groups in total. The SMILES string of the molecule is CCN1C=CN(C)C1.NS(=O)(=O)C(F)F. The molecule has 0 saturated heterocycles. The fourth-order valence-corrected chi connectivity index (χ4v) is 0.794. The molecule has 5 nitrogen and oxygen atoms in total. The van der Waals surface area contributed by atoms with Crippen molar-refractivity contribution in [2.75, 3.05) is 20.3 Å². The van der Waals surface area contributed by atoms with Crippen LogP contribution in [0.15, 0.2) is 12.4 Å². The number of sulfonamides is 1. The van der Waals surface area contributed by atoms with Crippen LogP contribution in [0.3, 0.4) is 0 Å². The van der Waals surface area contributed by atoms with Gasteiger partial charge < -0.3 is 9.80 Å². The van der Waals surface area contributed by atoms with Gasteiger partial charge in [-0.2, -0.15) is 8.78 Å². The maximum absolute atomic E-state index is 10.8. The van der Waals surface area contributed by atoms with Crippen LogP contribution >= 0.6 is 0 Å². The number of alkyl halides is 2. The maximum Gasteiger partial charge on any atom is 0.350 e. The van der Waals surface area contributed by atoms with Crippen molar-refractivity contribution in [2.24, 2.45) is 5.14 Å². The third-order valence-corrected chi connectivity index (χ3v) is 2.09. The fraction of sp³-hybridized carbons (Fsp3) is 0.714. The normalized spacial score (nSPS) is 15.6. The highest BCUT2D eigenvalue weighted by molar-refractivity contribution is 7.89. The van der Waals surface area contributed by atoms with Gasteiger partial charge in [0.1, 0.15) is 0 Å². The molecular formula is C7H15F2N3O2S. The molecule has 90 valence electrons. The van der Waals surface area contributed by atoms with Crippen molar-refractivity contribution in [3.63, 3.8) is 0 Å². The molecule has 0 bridgehead atoms. The first kappa shape index (κ1) is 14.1. The summed E-state index contributed by atoms with van der Waals surface area (Å²) in [5.74, 6) is -3.45. The van der Waals surface area contributed by atoms with E-state index in [2.05, 4.69) is 41.3 Å². The van der Waals surface area contributed by atoms with Crippen molar-refractivity contribution >= 4 is 10.0 Å². The third kappa shape index (κ3) is 6.24. The maximum atomic E-state index is 10.8. The lowest BCUT2D eigenvalue weighted by Crippen LogP contribution is -2.21. The van der Waals surface area contributed by atoms with Crippen LogP contribution in [0.25, 0.3) is 0 Å². The average molecular weight is 243 g/mol. The van der Waals surface area contributed by atoms with Crippen molar-refractivity contribution in [1.82, 2.24) is 9.80 Å². The van der Waals surface area contributed by atoms with Crippen LogP contribution in [0, 0.1) is 0 Å². The Kier molecular flexibility index (Phi) is 5.51. The van der Waals surface area contributed by atoms with Crippen LogP contribution in [-0.4, -0.2) is 44.2 Å². The monoisotopic (exact) mass is 243 g/mol. The van der Waals surface area contributed by atoms with E-state index in [4.69, 9.17) is 0 Å². The second kappa shape index (κ2) is 5.86. The molecule has 0 spiro atoms. The van der Waals surface area contributed by atoms with E-state index in [1.165, 1.54) is 0 Å². The molecule has 0 aromatic rings. The molecule has 0 aromatic heterocycles. The number of halogens is 2. The summed E-state index contributed by atoms with van der Waals surface area (Å²) < 4.78 is 40.4. The Bertz CT molecular complexity index is 305. The van der Waals surface area contributed by atoms with Gasteiger partial charge in [-0.05, 0) is 6.92 Å². The van der Waals surface area contributed by atoms with Gasteiger partial charge in [0.05, 0.1) is 6.67 Å². The first-order valence-electron chi connectivity index (χ1n) is 4.19. The number of rotatable bonds is 2. The smallest absolute Gasteiger partial charge is 0.350 e. The zero-order chi connectivity index (χ0) is 12.1. The minimum atomic E-state index is -4.57. The molecule has 0 radical (unpaired) electrons. The standard InChI is InChI=1S/C6H12N2.CH3F2NO2S/c1-3-8-5-4-7(2)6-8;2-1(3)7(4,5)6/h4-5H,3,6H2,1-2H3;1H,(H2,4,5,6). The van der Waals surface area contributed by atoms with E-state index in [0.29, 0.717) is 0 Å². The highest BCUT2D eigenvalue weighted by atomic mass is 32.2. The summed E-state index contributed by atoms with van der Waals surface area (Å²) in [4.78, 5) is 4.41. The number of hydrogen-bond donors (Lipinski definition) is 1. The second-order valence-corrected chi connectivity index (χ2v) is 4.49. The summed E-state index contributed by atoms with van der Waals surface area (Å²) in [5.41, 5.74) is 0. The van der Waals surface area contributed by atoms with Gasteiger partial charge in [-0.15, -0.1) is 0 Å². The summed E-state index contributed by atoms with van der Waals surface area (Å²) in [7, 11) is -2.50. The second-order valence-electron chi connectivity index (χ2n) is 2.95. The number of nitrogens with zero attached hydrogens (tertiary/aromatic N) is 2. The third-order valence-electron chi connectivity index (χ3n) is 1.59. The van der Waals surface area contributed by atoms with E-state index >= 15 is 0 Å². The quantitative estimate of drug-likeness (QED) is 0.751. The summed E-state index contributed by atoms with van der Waals surface area (Å²) in [5, 5.41) is 3.90. The van der Waals surface area contributed by atoms with Crippen molar-refractivity contribution in [3.05, 3.63) is 12.4 Å². The van der Waals surface area contributed by atoms with E-state index in [-0.39, 0.29) is 0 Å². The van der Waals surface area contributed by atoms with Crippen molar-refractivity contribution in [3.8, 4) is 0 Å². The van der Waals surface area contributed by atoms with Crippen LogP contribution in [0.2, 0.25) is 0 Å². The molecule has 1 heterocycles. The molecule has 8 heteroatoms. The Balaban J connectivity index is 0.000000265. The number of hydrogen-bond acceptors (Lipinski definition) is 4. The van der Waals surface area contributed by atoms with E-state index in [0.717, 1.165) is 13.2 Å². The first-order chi connectivity index (χ1) is 6.77. The Morgan fingerprint density at radius 2 is 1.93 bits per heavy atom. The largest absolute Gasteiger partial charge is 0.362 e. The zero-order valence-electron chi connectivity index (χ0n) is 8.60. The molecule has 0 unspecified atom stereocenters.